The minimum Gasteiger partial charge on any atom is -0.484 e. The number of esters is 1. The molecule has 110 valence electrons. The van der Waals surface area contributed by atoms with E-state index < -0.39 is 0 Å². The van der Waals surface area contributed by atoms with Crippen LogP contribution in [-0.2, 0) is 20.7 Å². The molecule has 1 aromatic rings. The molecule has 1 aromatic carbocycles. The lowest BCUT2D eigenvalue weighted by molar-refractivity contribution is -0.141. The van der Waals surface area contributed by atoms with Gasteiger partial charge in [-0.25, -0.2) is 0 Å². The molecule has 0 spiro atoms. The molecule has 1 amide bonds. The summed E-state index contributed by atoms with van der Waals surface area (Å²) in [6.07, 6.45) is 1.11. The highest BCUT2D eigenvalue weighted by atomic mass is 16.5. The van der Waals surface area contributed by atoms with E-state index in [1.54, 1.807) is 7.05 Å². The molecule has 0 saturated carbocycles. The van der Waals surface area contributed by atoms with Crippen LogP contribution in [0.2, 0.25) is 0 Å². The van der Waals surface area contributed by atoms with Crippen LogP contribution in [0, 0.1) is 0 Å². The number of ether oxygens (including phenoxy) is 2. The van der Waals surface area contributed by atoms with Gasteiger partial charge < -0.3 is 14.4 Å². The van der Waals surface area contributed by atoms with Crippen LogP contribution in [-0.4, -0.2) is 44.1 Å². The SMILES string of the molecule is CCc1cccc(OCC(=O)N(C)CCC(=O)OC)c1. The van der Waals surface area contributed by atoms with Crippen LogP contribution >= 0.6 is 0 Å². The van der Waals surface area contributed by atoms with E-state index in [1.807, 2.05) is 24.3 Å². The number of aryl methyl sites for hydroxylation is 1. The molecule has 0 aliphatic heterocycles. The molecule has 0 radical (unpaired) electrons. The van der Waals surface area contributed by atoms with Crippen molar-refractivity contribution in [2.75, 3.05) is 27.3 Å². The van der Waals surface area contributed by atoms with Crippen LogP contribution in [0.15, 0.2) is 24.3 Å². The summed E-state index contributed by atoms with van der Waals surface area (Å²) in [5.74, 6) is 0.177. The molecule has 0 aromatic heterocycles. The van der Waals surface area contributed by atoms with Gasteiger partial charge in [0.2, 0.25) is 0 Å². The number of likely N-dealkylation sites (N-methyl/N-ethyl adjacent to an activating group) is 1. The first-order chi connectivity index (χ1) is 9.56. The Morgan fingerprint density at radius 1 is 1.30 bits per heavy atom. The Kier molecular flexibility index (Phi) is 6.56. The first kappa shape index (κ1) is 16.0. The summed E-state index contributed by atoms with van der Waals surface area (Å²) in [5.41, 5.74) is 1.16. The lowest BCUT2D eigenvalue weighted by Crippen LogP contribution is -2.33. The van der Waals surface area contributed by atoms with Crippen molar-refractivity contribution in [2.45, 2.75) is 19.8 Å². The number of carbonyl (C=O) groups excluding carboxylic acids is 2. The maximum Gasteiger partial charge on any atom is 0.307 e. The average molecular weight is 279 g/mol. The van der Waals surface area contributed by atoms with Gasteiger partial charge in [0.05, 0.1) is 13.5 Å². The Labute approximate surface area is 119 Å². The number of nitrogens with zero attached hydrogens (tertiary/aromatic N) is 1. The molecule has 1 rings (SSSR count). The molecular formula is C15H21NO4. The zero-order chi connectivity index (χ0) is 15.0. The van der Waals surface area contributed by atoms with Crippen molar-refractivity contribution >= 4 is 11.9 Å². The van der Waals surface area contributed by atoms with Crippen molar-refractivity contribution in [1.29, 1.82) is 0 Å². The van der Waals surface area contributed by atoms with Gasteiger partial charge >= 0.3 is 5.97 Å². The molecule has 5 nitrogen and oxygen atoms in total. The van der Waals surface area contributed by atoms with Crippen molar-refractivity contribution in [1.82, 2.24) is 4.90 Å². The molecule has 0 aliphatic carbocycles. The predicted molar refractivity (Wildman–Crippen MR) is 75.6 cm³/mol. The summed E-state index contributed by atoms with van der Waals surface area (Å²) in [4.78, 5) is 24.3. The second-order valence-electron chi connectivity index (χ2n) is 4.43. The fourth-order valence-corrected chi connectivity index (χ4v) is 1.60. The number of benzene rings is 1. The van der Waals surface area contributed by atoms with Gasteiger partial charge in [-0.15, -0.1) is 0 Å². The normalized spacial score (nSPS) is 9.95. The smallest absolute Gasteiger partial charge is 0.307 e. The number of carbonyl (C=O) groups is 2. The number of amides is 1. The van der Waals surface area contributed by atoms with Crippen LogP contribution in [0.5, 0.6) is 5.75 Å². The van der Waals surface area contributed by atoms with E-state index in [9.17, 15) is 9.59 Å². The molecule has 0 fully saturated rings. The Morgan fingerprint density at radius 3 is 2.70 bits per heavy atom. The third kappa shape index (κ3) is 5.30. The summed E-state index contributed by atoms with van der Waals surface area (Å²) in [6.45, 7) is 2.35. The van der Waals surface area contributed by atoms with Crippen molar-refractivity contribution in [3.63, 3.8) is 0 Å². The summed E-state index contributed by atoms with van der Waals surface area (Å²) in [6, 6.07) is 7.65. The predicted octanol–water partition coefficient (Wildman–Crippen LogP) is 1.65. The lowest BCUT2D eigenvalue weighted by Gasteiger charge is -2.16. The fraction of sp³-hybridized carbons (Fsp3) is 0.467. The van der Waals surface area contributed by atoms with Crippen LogP contribution in [0.4, 0.5) is 0 Å². The van der Waals surface area contributed by atoms with Crippen molar-refractivity contribution < 1.29 is 19.1 Å². The van der Waals surface area contributed by atoms with E-state index >= 15 is 0 Å². The lowest BCUT2D eigenvalue weighted by atomic mass is 10.2. The molecule has 20 heavy (non-hydrogen) atoms. The summed E-state index contributed by atoms with van der Waals surface area (Å²) in [5, 5.41) is 0. The van der Waals surface area contributed by atoms with Gasteiger partial charge in [-0.05, 0) is 24.1 Å². The first-order valence-corrected chi connectivity index (χ1v) is 6.59. The Hall–Kier alpha value is -2.04. The minimum absolute atomic E-state index is 0.0369. The van der Waals surface area contributed by atoms with Gasteiger partial charge in [0, 0.05) is 13.6 Å². The molecule has 5 heteroatoms. The van der Waals surface area contributed by atoms with E-state index in [2.05, 4.69) is 11.7 Å². The van der Waals surface area contributed by atoms with E-state index in [1.165, 1.54) is 12.0 Å². The van der Waals surface area contributed by atoms with Gasteiger partial charge in [-0.1, -0.05) is 19.1 Å². The van der Waals surface area contributed by atoms with E-state index in [4.69, 9.17) is 4.74 Å². The molecular weight excluding hydrogens is 258 g/mol. The Morgan fingerprint density at radius 2 is 2.05 bits per heavy atom. The van der Waals surface area contributed by atoms with Crippen LogP contribution in [0.1, 0.15) is 18.9 Å². The molecule has 0 atom stereocenters. The Bertz CT molecular complexity index is 459. The van der Waals surface area contributed by atoms with Gasteiger partial charge in [0.25, 0.3) is 5.91 Å². The zero-order valence-electron chi connectivity index (χ0n) is 12.2. The molecule has 0 unspecified atom stereocenters. The second kappa shape index (κ2) is 8.19. The number of methoxy groups -OCH3 is 1. The van der Waals surface area contributed by atoms with Gasteiger partial charge in [0.1, 0.15) is 5.75 Å². The number of hydrogen-bond donors (Lipinski definition) is 0. The van der Waals surface area contributed by atoms with E-state index in [0.717, 1.165) is 12.0 Å². The maximum atomic E-state index is 11.8. The zero-order valence-corrected chi connectivity index (χ0v) is 12.2. The van der Waals surface area contributed by atoms with Crippen LogP contribution in [0.25, 0.3) is 0 Å². The van der Waals surface area contributed by atoms with Gasteiger partial charge in [-0.3, -0.25) is 9.59 Å². The highest BCUT2D eigenvalue weighted by Crippen LogP contribution is 2.13. The average Bonchev–Trinajstić information content (AvgIpc) is 2.49. The minimum atomic E-state index is -0.332. The van der Waals surface area contributed by atoms with Crippen molar-refractivity contribution in [3.05, 3.63) is 29.8 Å². The maximum absolute atomic E-state index is 11.8. The van der Waals surface area contributed by atoms with Gasteiger partial charge in [-0.2, -0.15) is 0 Å². The first-order valence-electron chi connectivity index (χ1n) is 6.59. The highest BCUT2D eigenvalue weighted by molar-refractivity contribution is 5.78. The molecule has 0 saturated heterocycles. The largest absolute Gasteiger partial charge is 0.484 e. The summed E-state index contributed by atoms with van der Waals surface area (Å²) >= 11 is 0. The van der Waals surface area contributed by atoms with Crippen LogP contribution in [0.3, 0.4) is 0 Å². The van der Waals surface area contributed by atoms with Crippen LogP contribution < -0.4 is 4.74 Å². The Balaban J connectivity index is 2.40. The fourth-order valence-electron chi connectivity index (χ4n) is 1.60. The third-order valence-electron chi connectivity index (χ3n) is 2.97. The number of hydrogen-bond acceptors (Lipinski definition) is 4. The van der Waals surface area contributed by atoms with Crippen molar-refractivity contribution in [2.24, 2.45) is 0 Å². The van der Waals surface area contributed by atoms with E-state index in [0.29, 0.717) is 12.3 Å². The highest BCUT2D eigenvalue weighted by Gasteiger charge is 2.11. The monoisotopic (exact) mass is 279 g/mol. The molecule has 0 aliphatic rings. The van der Waals surface area contributed by atoms with E-state index in [-0.39, 0.29) is 24.9 Å². The van der Waals surface area contributed by atoms with Gasteiger partial charge in [0.15, 0.2) is 6.61 Å². The van der Waals surface area contributed by atoms with Crippen molar-refractivity contribution in [3.8, 4) is 5.75 Å². The standard InChI is InChI=1S/C15H21NO4/c1-4-12-6-5-7-13(10-12)20-11-14(17)16(2)9-8-15(18)19-3/h5-7,10H,4,8-9,11H2,1-3H3. The second-order valence-corrected chi connectivity index (χ2v) is 4.43. The summed E-state index contributed by atoms with van der Waals surface area (Å²) < 4.78 is 9.98. The molecule has 0 heterocycles. The quantitative estimate of drug-likeness (QED) is 0.712. The number of rotatable bonds is 7. The third-order valence-corrected chi connectivity index (χ3v) is 2.97. The molecule has 0 N–H and O–H groups in total. The topological polar surface area (TPSA) is 55.8 Å². The molecule has 0 bridgehead atoms. The summed E-state index contributed by atoms with van der Waals surface area (Å²) in [7, 11) is 2.96.